The minimum atomic E-state index is -4.12. The first-order chi connectivity index (χ1) is 8.49. The van der Waals surface area contributed by atoms with Crippen LogP contribution in [0.4, 0.5) is 13.2 Å². The molecular weight excluding hydrogens is 243 g/mol. The van der Waals surface area contributed by atoms with E-state index < -0.39 is 12.6 Å². The second-order valence-electron chi connectivity index (χ2n) is 4.03. The van der Waals surface area contributed by atoms with E-state index in [2.05, 4.69) is 0 Å². The number of nitrogens with zero attached hydrogens (tertiary/aromatic N) is 1. The van der Waals surface area contributed by atoms with Crippen LogP contribution in [0.3, 0.4) is 0 Å². The van der Waals surface area contributed by atoms with Crippen molar-refractivity contribution in [3.05, 3.63) is 30.5 Å². The molecule has 0 fully saturated rings. The van der Waals surface area contributed by atoms with Crippen LogP contribution in [0.2, 0.25) is 0 Å². The fraction of sp³-hybridized carbons (Fsp3) is 0.385. The maximum atomic E-state index is 12.2. The fourth-order valence-corrected chi connectivity index (χ4v) is 1.88. The Balaban J connectivity index is 2.20. The Bertz CT molecular complexity index is 531. The van der Waals surface area contributed by atoms with Crippen LogP contribution in [0.5, 0.6) is 5.75 Å². The molecular formula is C13H14F3NO. The van der Waals surface area contributed by atoms with E-state index in [0.717, 1.165) is 16.7 Å². The van der Waals surface area contributed by atoms with Crippen molar-refractivity contribution >= 4 is 10.9 Å². The third kappa shape index (κ3) is 2.97. The van der Waals surface area contributed by atoms with Gasteiger partial charge in [-0.1, -0.05) is 0 Å². The van der Waals surface area contributed by atoms with Gasteiger partial charge in [0, 0.05) is 23.6 Å². The lowest BCUT2D eigenvalue weighted by Gasteiger charge is -2.09. The Labute approximate surface area is 103 Å². The average molecular weight is 257 g/mol. The summed E-state index contributed by atoms with van der Waals surface area (Å²) in [4.78, 5) is 0. The maximum Gasteiger partial charge on any atom is 0.390 e. The SMILES string of the molecule is CCOc1ccc2c(ccn2CCC(F)(F)F)c1. The minimum absolute atomic E-state index is 0.0546. The molecule has 2 nitrogen and oxygen atoms in total. The molecule has 0 radical (unpaired) electrons. The molecule has 0 unspecified atom stereocenters. The van der Waals surface area contributed by atoms with Crippen molar-refractivity contribution in [3.8, 4) is 5.75 Å². The van der Waals surface area contributed by atoms with Crippen LogP contribution in [-0.4, -0.2) is 17.4 Å². The smallest absolute Gasteiger partial charge is 0.390 e. The number of halogens is 3. The second kappa shape index (κ2) is 4.92. The number of fused-ring (bicyclic) bond motifs is 1. The number of benzene rings is 1. The lowest BCUT2D eigenvalue weighted by Crippen LogP contribution is -2.11. The van der Waals surface area contributed by atoms with E-state index in [4.69, 9.17) is 4.74 Å². The largest absolute Gasteiger partial charge is 0.494 e. The van der Waals surface area contributed by atoms with Gasteiger partial charge in [-0.05, 0) is 31.2 Å². The Morgan fingerprint density at radius 1 is 1.22 bits per heavy atom. The molecule has 1 aromatic heterocycles. The van der Waals surface area contributed by atoms with Crippen molar-refractivity contribution < 1.29 is 17.9 Å². The van der Waals surface area contributed by atoms with Gasteiger partial charge >= 0.3 is 6.18 Å². The summed E-state index contributed by atoms with van der Waals surface area (Å²) in [5, 5.41) is 0.892. The van der Waals surface area contributed by atoms with E-state index in [1.165, 1.54) is 0 Å². The molecule has 0 spiro atoms. The molecule has 0 N–H and O–H groups in total. The zero-order valence-electron chi connectivity index (χ0n) is 10.00. The van der Waals surface area contributed by atoms with Gasteiger partial charge in [-0.3, -0.25) is 0 Å². The van der Waals surface area contributed by atoms with Gasteiger partial charge in [0.25, 0.3) is 0 Å². The van der Waals surface area contributed by atoms with Crippen molar-refractivity contribution in [2.75, 3.05) is 6.61 Å². The molecule has 1 aromatic carbocycles. The quantitative estimate of drug-likeness (QED) is 0.807. The summed E-state index contributed by atoms with van der Waals surface area (Å²) < 4.78 is 43.5. The van der Waals surface area contributed by atoms with E-state index in [1.54, 1.807) is 29.0 Å². The van der Waals surface area contributed by atoms with Crippen molar-refractivity contribution in [2.24, 2.45) is 0 Å². The van der Waals surface area contributed by atoms with Gasteiger partial charge in [-0.25, -0.2) is 0 Å². The normalized spacial score (nSPS) is 12.0. The van der Waals surface area contributed by atoms with Gasteiger partial charge in [0.15, 0.2) is 0 Å². The number of ether oxygens (including phenoxy) is 1. The molecule has 0 aliphatic heterocycles. The first kappa shape index (κ1) is 12.8. The van der Waals surface area contributed by atoms with E-state index >= 15 is 0 Å². The number of hydrogen-bond acceptors (Lipinski definition) is 1. The zero-order chi connectivity index (χ0) is 13.2. The summed E-state index contributed by atoms with van der Waals surface area (Å²) in [6.07, 6.45) is -3.27. The Hall–Kier alpha value is -1.65. The third-order valence-electron chi connectivity index (χ3n) is 2.69. The fourth-order valence-electron chi connectivity index (χ4n) is 1.88. The molecule has 0 amide bonds. The Morgan fingerprint density at radius 2 is 2.00 bits per heavy atom. The lowest BCUT2D eigenvalue weighted by atomic mass is 10.2. The van der Waals surface area contributed by atoms with Gasteiger partial charge in [0.2, 0.25) is 0 Å². The summed E-state index contributed by atoms with van der Waals surface area (Å²) in [6.45, 7) is 2.40. The van der Waals surface area contributed by atoms with Crippen LogP contribution in [0.15, 0.2) is 30.5 Å². The minimum Gasteiger partial charge on any atom is -0.494 e. The number of aryl methyl sites for hydroxylation is 1. The molecule has 18 heavy (non-hydrogen) atoms. The summed E-state index contributed by atoms with van der Waals surface area (Å²) >= 11 is 0. The highest BCUT2D eigenvalue weighted by molar-refractivity contribution is 5.81. The van der Waals surface area contributed by atoms with Gasteiger partial charge in [-0.2, -0.15) is 13.2 Å². The van der Waals surface area contributed by atoms with E-state index in [-0.39, 0.29) is 6.54 Å². The molecule has 0 saturated carbocycles. The van der Waals surface area contributed by atoms with Crippen LogP contribution in [0.1, 0.15) is 13.3 Å². The monoisotopic (exact) mass is 257 g/mol. The predicted molar refractivity (Wildman–Crippen MR) is 63.8 cm³/mol. The Morgan fingerprint density at radius 3 is 2.67 bits per heavy atom. The Kier molecular flexibility index (Phi) is 3.50. The molecule has 1 heterocycles. The highest BCUT2D eigenvalue weighted by Crippen LogP contribution is 2.25. The van der Waals surface area contributed by atoms with E-state index in [9.17, 15) is 13.2 Å². The molecule has 0 aliphatic carbocycles. The number of alkyl halides is 3. The van der Waals surface area contributed by atoms with Gasteiger partial charge in [-0.15, -0.1) is 0 Å². The van der Waals surface area contributed by atoms with Gasteiger partial charge in [0.05, 0.1) is 13.0 Å². The molecule has 0 saturated heterocycles. The van der Waals surface area contributed by atoms with Crippen LogP contribution in [0, 0.1) is 0 Å². The highest BCUT2D eigenvalue weighted by Gasteiger charge is 2.26. The average Bonchev–Trinajstić information content (AvgIpc) is 2.68. The van der Waals surface area contributed by atoms with Gasteiger partial charge in [0.1, 0.15) is 5.75 Å². The van der Waals surface area contributed by atoms with Crippen LogP contribution < -0.4 is 4.74 Å². The standard InChI is InChI=1S/C13H14F3NO/c1-2-18-11-3-4-12-10(9-11)5-7-17(12)8-6-13(14,15)16/h3-5,7,9H,2,6,8H2,1H3. The molecule has 0 bridgehead atoms. The molecule has 2 rings (SSSR count). The van der Waals surface area contributed by atoms with Gasteiger partial charge < -0.3 is 9.30 Å². The predicted octanol–water partition coefficient (Wildman–Crippen LogP) is 3.99. The number of hydrogen-bond donors (Lipinski definition) is 0. The second-order valence-corrected chi connectivity index (χ2v) is 4.03. The van der Waals surface area contributed by atoms with Crippen LogP contribution in [0.25, 0.3) is 10.9 Å². The summed E-state index contributed by atoms with van der Waals surface area (Å²) in [5.41, 5.74) is 0.794. The molecule has 5 heteroatoms. The first-order valence-electron chi connectivity index (χ1n) is 5.78. The molecule has 0 atom stereocenters. The van der Waals surface area contributed by atoms with Crippen molar-refractivity contribution in [1.29, 1.82) is 0 Å². The number of rotatable bonds is 4. The highest BCUT2D eigenvalue weighted by atomic mass is 19.4. The van der Waals surface area contributed by atoms with E-state index in [1.807, 2.05) is 13.0 Å². The topological polar surface area (TPSA) is 14.2 Å². The third-order valence-corrected chi connectivity index (χ3v) is 2.69. The van der Waals surface area contributed by atoms with Crippen molar-refractivity contribution in [3.63, 3.8) is 0 Å². The first-order valence-corrected chi connectivity index (χ1v) is 5.78. The summed E-state index contributed by atoms with van der Waals surface area (Å²) in [6, 6.07) is 7.20. The molecule has 0 aliphatic rings. The maximum absolute atomic E-state index is 12.2. The summed E-state index contributed by atoms with van der Waals surface area (Å²) in [5.74, 6) is 0.735. The lowest BCUT2D eigenvalue weighted by molar-refractivity contribution is -0.136. The number of aromatic nitrogens is 1. The van der Waals surface area contributed by atoms with Crippen molar-refractivity contribution in [2.45, 2.75) is 26.1 Å². The molecule has 98 valence electrons. The molecule has 2 aromatic rings. The van der Waals surface area contributed by atoms with Crippen LogP contribution >= 0.6 is 0 Å². The zero-order valence-corrected chi connectivity index (χ0v) is 10.00. The van der Waals surface area contributed by atoms with E-state index in [0.29, 0.717) is 6.61 Å². The van der Waals surface area contributed by atoms with Crippen molar-refractivity contribution in [1.82, 2.24) is 4.57 Å². The van der Waals surface area contributed by atoms with Crippen LogP contribution in [-0.2, 0) is 6.54 Å². The summed E-state index contributed by atoms with van der Waals surface area (Å²) in [7, 11) is 0.